The van der Waals surface area contributed by atoms with E-state index < -0.39 is 57.8 Å². The zero-order valence-electron chi connectivity index (χ0n) is 36.1. The van der Waals surface area contributed by atoms with E-state index >= 15 is 0 Å². The van der Waals surface area contributed by atoms with E-state index in [1.807, 2.05) is 0 Å². The van der Waals surface area contributed by atoms with Crippen LogP contribution in [0.4, 0.5) is 56.9 Å². The molecule has 32 heteroatoms. The highest BCUT2D eigenvalue weighted by molar-refractivity contribution is 7.94. The van der Waals surface area contributed by atoms with Crippen molar-refractivity contribution in [1.82, 2.24) is 0 Å². The summed E-state index contributed by atoms with van der Waals surface area (Å²) >= 11 is 0.501. The summed E-state index contributed by atoms with van der Waals surface area (Å²) in [7, 11) is -11.8. The third kappa shape index (κ3) is 13.7. The van der Waals surface area contributed by atoms with Crippen molar-refractivity contribution < 1.29 is 77.9 Å². The minimum absolute atomic E-state index is 0.0136. The van der Waals surface area contributed by atoms with E-state index in [-0.39, 0.29) is 90.1 Å². The first-order valence-electron chi connectivity index (χ1n) is 19.3. The maximum Gasteiger partial charge on any atom is 0.296 e. The molecule has 0 radical (unpaired) electrons. The number of sulfonamides is 1. The molecule has 0 heterocycles. The molecule has 0 fully saturated rings. The van der Waals surface area contributed by atoms with Crippen molar-refractivity contribution in [2.45, 2.75) is 26.5 Å². The number of anilines is 4. The predicted octanol–water partition coefficient (Wildman–Crippen LogP) is 9.17. The number of hydrogen-bond donors (Lipinski definition) is 8. The number of nitrogen functional groups attached to an aromatic ring is 2. The second-order valence-corrected chi connectivity index (χ2v) is 20.3. The Kier molecular flexibility index (Phi) is 17.6. The van der Waals surface area contributed by atoms with Gasteiger partial charge in [0.25, 0.3) is 20.1 Å². The average molecular weight is 1080 g/mol. The van der Waals surface area contributed by atoms with Crippen molar-refractivity contribution in [3.63, 3.8) is 0 Å². The molecule has 374 valence electrons. The molecule has 1 amide bonds. The van der Waals surface area contributed by atoms with Gasteiger partial charge >= 0.3 is 0 Å². The first kappa shape index (κ1) is 53.4. The number of nitrogens with zero attached hydrogens (tertiary/aromatic N) is 6. The van der Waals surface area contributed by atoms with Crippen molar-refractivity contribution in [2.24, 2.45) is 30.7 Å². The van der Waals surface area contributed by atoms with E-state index in [4.69, 9.17) is 30.9 Å². The number of aromatic hydroxyl groups is 1. The van der Waals surface area contributed by atoms with Crippen LogP contribution in [0.3, 0.4) is 0 Å². The first-order valence-corrected chi connectivity index (χ1v) is 25.3. The maximum absolute atomic E-state index is 13.3. The van der Waals surface area contributed by atoms with E-state index in [1.54, 1.807) is 0 Å². The highest BCUT2D eigenvalue weighted by Gasteiger charge is 2.26. The molecule has 6 rings (SSSR count). The van der Waals surface area contributed by atoms with E-state index in [2.05, 4.69) is 59.5 Å². The molecule has 0 bridgehead atoms. The van der Waals surface area contributed by atoms with Gasteiger partial charge < -0.3 is 26.6 Å². The molecule has 6 aromatic carbocycles. The molecule has 0 aromatic heterocycles. The SMILES string of the molecule is COc1cc(/N=N/c2ccc(NS(=O)(=O)c3ccc(/N=N/c4c(S(=O)(=O)O)cc5cc(SOOO)c(/N=N/c6ccc(S(=O)(=O)CCOSOOO)cc6)c(O)c5c4N)cc3)cc2)c(NC(C)=O)cc1N. The number of fused-ring (bicyclic) bond motifs is 1. The van der Waals surface area contributed by atoms with Gasteiger partial charge in [0, 0.05) is 18.7 Å². The molecule has 71 heavy (non-hydrogen) atoms. The summed E-state index contributed by atoms with van der Waals surface area (Å²) in [6.45, 7) is 0.980. The summed E-state index contributed by atoms with van der Waals surface area (Å²) in [6.07, 6.45) is 0. The summed E-state index contributed by atoms with van der Waals surface area (Å²) in [5.41, 5.74) is 12.1. The van der Waals surface area contributed by atoms with E-state index in [9.17, 15) is 39.7 Å². The van der Waals surface area contributed by atoms with Crippen LogP contribution in [0.25, 0.3) is 10.8 Å². The van der Waals surface area contributed by atoms with Gasteiger partial charge in [0.05, 0.1) is 85.7 Å². The predicted molar refractivity (Wildman–Crippen MR) is 255 cm³/mol. The lowest BCUT2D eigenvalue weighted by Crippen LogP contribution is -2.12. The highest BCUT2D eigenvalue weighted by Crippen LogP contribution is 2.50. The number of hydrogen-bond acceptors (Lipinski definition) is 26. The Morgan fingerprint density at radius 2 is 1.31 bits per heavy atom. The van der Waals surface area contributed by atoms with Crippen LogP contribution in [0.5, 0.6) is 11.5 Å². The Morgan fingerprint density at radius 1 is 0.732 bits per heavy atom. The van der Waals surface area contributed by atoms with Crippen molar-refractivity contribution in [2.75, 3.05) is 41.0 Å². The van der Waals surface area contributed by atoms with Crippen LogP contribution in [-0.4, -0.2) is 70.8 Å². The molecule has 27 nitrogen and oxygen atoms in total. The standard InChI is InChI=1S/C39H36N10O17S5/c1-21(50)42-30-19-29(40)32(61-2)20-31(30)46-43-23-3-5-26(6-4-23)49-70(56,57)28-13-9-25(10-14-28)45-48-38-34(71(58,59)60)18-22-17-33(67-65-63-52)37(39(51)35(22)36(38)41)47-44-24-7-11-27(12-8-24)69(54,55)16-15-62-68-66-64-53/h3-14,17-20,49,51-53H,15-16,40-41H2,1-2H3,(H,42,50)(H,58,59,60)/b46-43+,47-44+,48-45+. The molecule has 0 saturated heterocycles. The molecule has 6 aromatic rings. The Morgan fingerprint density at radius 3 is 1.89 bits per heavy atom. The van der Waals surface area contributed by atoms with Crippen molar-refractivity contribution in [3.8, 4) is 11.5 Å². The molecule has 0 spiro atoms. The summed E-state index contributed by atoms with van der Waals surface area (Å²) in [5.74, 6) is -1.28. The molecule has 0 atom stereocenters. The molecule has 0 aliphatic heterocycles. The lowest BCUT2D eigenvalue weighted by Gasteiger charge is -2.14. The average Bonchev–Trinajstić information content (AvgIpc) is 3.32. The number of amides is 1. The van der Waals surface area contributed by atoms with Gasteiger partial charge in [-0.15, -0.1) is 24.0 Å². The minimum Gasteiger partial charge on any atom is -0.505 e. The number of sulfone groups is 1. The van der Waals surface area contributed by atoms with Gasteiger partial charge in [-0.05, 0) is 96.4 Å². The van der Waals surface area contributed by atoms with E-state index in [0.29, 0.717) is 23.5 Å². The molecular formula is C39H36N10O17S5. The number of rotatable bonds is 22. The Hall–Kier alpha value is -6.92. The Labute approximate surface area is 410 Å². The summed E-state index contributed by atoms with van der Waals surface area (Å²) in [6, 6.07) is 20.7. The van der Waals surface area contributed by atoms with E-state index in [1.165, 1.54) is 105 Å². The number of nitrogens with one attached hydrogen (secondary N) is 2. The van der Waals surface area contributed by atoms with E-state index in [0.717, 1.165) is 6.07 Å². The zero-order chi connectivity index (χ0) is 51.5. The third-order valence-corrected chi connectivity index (χ3v) is 14.2. The zero-order valence-corrected chi connectivity index (χ0v) is 40.2. The molecule has 0 aliphatic rings. The third-order valence-electron chi connectivity index (χ3n) is 9.21. The number of carbonyl (C=O) groups is 1. The number of nitrogens with two attached hydrogens (primary N) is 2. The van der Waals surface area contributed by atoms with Gasteiger partial charge in [-0.1, -0.05) is 10.1 Å². The summed E-state index contributed by atoms with van der Waals surface area (Å²) < 4.78 is 108. The van der Waals surface area contributed by atoms with Gasteiger partial charge in [0.15, 0.2) is 27.9 Å². The van der Waals surface area contributed by atoms with Gasteiger partial charge in [-0.2, -0.15) is 23.8 Å². The topological polar surface area (TPSA) is 406 Å². The lowest BCUT2D eigenvalue weighted by molar-refractivity contribution is -0.434. The van der Waals surface area contributed by atoms with Gasteiger partial charge in [0.1, 0.15) is 27.7 Å². The quantitative estimate of drug-likeness (QED) is 0.00597. The number of azo groups is 3. The van der Waals surface area contributed by atoms with Crippen LogP contribution >= 0.6 is 24.4 Å². The number of ether oxygens (including phenoxy) is 1. The molecule has 0 aliphatic carbocycles. The molecule has 0 unspecified atom stereocenters. The minimum atomic E-state index is -5.11. The van der Waals surface area contributed by atoms with Crippen LogP contribution in [0.15, 0.2) is 147 Å². The van der Waals surface area contributed by atoms with Gasteiger partial charge in [0.2, 0.25) is 5.91 Å². The fourth-order valence-corrected chi connectivity index (χ4v) is 9.67. The molecular weight excluding hydrogens is 1040 g/mol. The number of phenols is 1. The van der Waals surface area contributed by atoms with Crippen LogP contribution in [0.2, 0.25) is 0 Å². The van der Waals surface area contributed by atoms with Crippen LogP contribution < -0.4 is 26.2 Å². The number of benzene rings is 6. The second kappa shape index (κ2) is 23.3. The molecule has 10 N–H and O–H groups in total. The fraction of sp³-hybridized carbons (Fsp3) is 0.103. The summed E-state index contributed by atoms with van der Waals surface area (Å²) in [4.78, 5) is 10.4. The second-order valence-electron chi connectivity index (χ2n) is 13.9. The first-order chi connectivity index (χ1) is 33.7. The Bertz CT molecular complexity index is 3370. The number of methoxy groups -OCH3 is 1. The number of carbonyl (C=O) groups excluding carboxylic acids is 1. The van der Waals surface area contributed by atoms with Crippen molar-refractivity contribution in [1.29, 1.82) is 0 Å². The molecule has 0 saturated carbocycles. The monoisotopic (exact) mass is 1080 g/mol. The van der Waals surface area contributed by atoms with Crippen LogP contribution in [0.1, 0.15) is 6.92 Å². The van der Waals surface area contributed by atoms with Crippen molar-refractivity contribution in [3.05, 3.63) is 97.1 Å². The summed E-state index contributed by atoms with van der Waals surface area (Å²) in [5, 5.41) is 62.0. The normalized spacial score (nSPS) is 12.4. The van der Waals surface area contributed by atoms with Crippen LogP contribution in [0, 0.1) is 0 Å². The smallest absolute Gasteiger partial charge is 0.296 e. The highest BCUT2D eigenvalue weighted by atomic mass is 32.2. The largest absolute Gasteiger partial charge is 0.505 e. The maximum atomic E-state index is 13.3. The van der Waals surface area contributed by atoms with Gasteiger partial charge in [-0.3, -0.25) is 18.3 Å². The lowest BCUT2D eigenvalue weighted by atomic mass is 10.1. The van der Waals surface area contributed by atoms with Crippen LogP contribution in [-0.2, 0) is 57.7 Å². The fourth-order valence-electron chi connectivity index (χ4n) is 6.04. The van der Waals surface area contributed by atoms with Crippen molar-refractivity contribution >= 4 is 128 Å². The Balaban J connectivity index is 1.23. The van der Waals surface area contributed by atoms with Gasteiger partial charge in [-0.25, -0.2) is 27.4 Å². The number of phenolic OH excluding ortho intramolecular Hbond substituents is 1.